The van der Waals surface area contributed by atoms with E-state index in [4.69, 9.17) is 4.74 Å². The molecule has 0 atom stereocenters. The third kappa shape index (κ3) is 5.52. The van der Waals surface area contributed by atoms with Crippen molar-refractivity contribution in [3.05, 3.63) is 87.3 Å². The van der Waals surface area contributed by atoms with Crippen molar-refractivity contribution in [3.63, 3.8) is 0 Å². The average molecular weight is 472 g/mol. The summed E-state index contributed by atoms with van der Waals surface area (Å²) in [5, 5.41) is 6.75. The van der Waals surface area contributed by atoms with Gasteiger partial charge in [-0.3, -0.25) is 14.5 Å². The van der Waals surface area contributed by atoms with Gasteiger partial charge in [0.15, 0.2) is 5.69 Å². The van der Waals surface area contributed by atoms with Gasteiger partial charge in [0, 0.05) is 37.1 Å². The maximum Gasteiger partial charge on any atom is 0.416 e. The lowest BCUT2D eigenvalue weighted by atomic mass is 10.1. The molecule has 3 aromatic rings. The standard InChI is InChI=1S/C24H23F3N4O3/c1-16-12-21(32)22(29-31(16)20-7-3-5-18(14-20)24(25,26)27)23(33)28-19-6-2-4-17(13-19)15-30-8-10-34-11-9-30/h2-7,12-14H,8-11,15H2,1H3,(H,28,33). The van der Waals surface area contributed by atoms with Crippen molar-refractivity contribution in [1.82, 2.24) is 14.7 Å². The Bertz CT molecular complexity index is 1250. The van der Waals surface area contributed by atoms with Crippen LogP contribution in [0.25, 0.3) is 5.69 Å². The number of halogens is 3. The van der Waals surface area contributed by atoms with Gasteiger partial charge in [-0.05, 0) is 42.8 Å². The molecule has 34 heavy (non-hydrogen) atoms. The lowest BCUT2D eigenvalue weighted by molar-refractivity contribution is -0.137. The Morgan fingerprint density at radius 3 is 2.56 bits per heavy atom. The molecule has 0 bridgehead atoms. The number of rotatable bonds is 5. The van der Waals surface area contributed by atoms with Crippen LogP contribution in [-0.4, -0.2) is 46.9 Å². The summed E-state index contributed by atoms with van der Waals surface area (Å²) in [7, 11) is 0. The van der Waals surface area contributed by atoms with Crippen LogP contribution in [0.15, 0.2) is 59.4 Å². The van der Waals surface area contributed by atoms with E-state index in [9.17, 15) is 22.8 Å². The van der Waals surface area contributed by atoms with Crippen molar-refractivity contribution >= 4 is 11.6 Å². The molecular weight excluding hydrogens is 449 g/mol. The molecule has 1 aromatic heterocycles. The fourth-order valence-electron chi connectivity index (χ4n) is 3.74. The number of nitrogens with zero attached hydrogens (tertiary/aromatic N) is 3. The van der Waals surface area contributed by atoms with Gasteiger partial charge < -0.3 is 10.1 Å². The largest absolute Gasteiger partial charge is 0.416 e. The third-order valence-electron chi connectivity index (χ3n) is 5.44. The highest BCUT2D eigenvalue weighted by molar-refractivity contribution is 6.02. The molecule has 4 rings (SSSR count). The van der Waals surface area contributed by atoms with Gasteiger partial charge in [-0.1, -0.05) is 18.2 Å². The minimum atomic E-state index is -4.53. The summed E-state index contributed by atoms with van der Waals surface area (Å²) in [6, 6.07) is 13.0. The van der Waals surface area contributed by atoms with E-state index in [2.05, 4.69) is 15.3 Å². The van der Waals surface area contributed by atoms with Crippen LogP contribution in [-0.2, 0) is 17.5 Å². The van der Waals surface area contributed by atoms with Gasteiger partial charge in [-0.15, -0.1) is 0 Å². The number of nitrogens with one attached hydrogen (secondary N) is 1. The molecule has 1 aliphatic heterocycles. The Morgan fingerprint density at radius 2 is 1.82 bits per heavy atom. The second-order valence-electron chi connectivity index (χ2n) is 8.00. The molecule has 1 saturated heterocycles. The molecule has 1 N–H and O–H groups in total. The molecule has 0 aliphatic carbocycles. The van der Waals surface area contributed by atoms with Gasteiger partial charge in [0.05, 0.1) is 24.5 Å². The number of carbonyl (C=O) groups excluding carboxylic acids is 1. The minimum Gasteiger partial charge on any atom is -0.379 e. The molecule has 0 unspecified atom stereocenters. The molecule has 2 aromatic carbocycles. The Morgan fingerprint density at radius 1 is 1.09 bits per heavy atom. The third-order valence-corrected chi connectivity index (χ3v) is 5.44. The molecule has 1 fully saturated rings. The molecule has 2 heterocycles. The van der Waals surface area contributed by atoms with Crippen LogP contribution in [0.1, 0.15) is 27.3 Å². The van der Waals surface area contributed by atoms with E-state index in [0.29, 0.717) is 31.1 Å². The average Bonchev–Trinajstić information content (AvgIpc) is 2.79. The number of alkyl halides is 3. The van der Waals surface area contributed by atoms with Crippen molar-refractivity contribution in [2.75, 3.05) is 31.6 Å². The number of carbonyl (C=O) groups is 1. The number of aryl methyl sites for hydroxylation is 1. The zero-order valence-electron chi connectivity index (χ0n) is 18.4. The lowest BCUT2D eigenvalue weighted by Crippen LogP contribution is -2.35. The highest BCUT2D eigenvalue weighted by Gasteiger charge is 2.30. The SMILES string of the molecule is Cc1cc(=O)c(C(=O)Nc2cccc(CN3CCOCC3)c2)nn1-c1cccc(C(F)(F)F)c1. The highest BCUT2D eigenvalue weighted by atomic mass is 19.4. The van der Waals surface area contributed by atoms with Gasteiger partial charge in [0.1, 0.15) is 0 Å². The number of anilines is 1. The predicted molar refractivity (Wildman–Crippen MR) is 120 cm³/mol. The summed E-state index contributed by atoms with van der Waals surface area (Å²) in [5.74, 6) is -0.741. The zero-order valence-corrected chi connectivity index (χ0v) is 18.4. The number of amides is 1. The van der Waals surface area contributed by atoms with Gasteiger partial charge in [0.2, 0.25) is 5.43 Å². The Hall–Kier alpha value is -3.50. The maximum absolute atomic E-state index is 13.1. The van der Waals surface area contributed by atoms with E-state index >= 15 is 0 Å². The smallest absolute Gasteiger partial charge is 0.379 e. The molecule has 178 valence electrons. The predicted octanol–water partition coefficient (Wildman–Crippen LogP) is 3.64. The molecule has 0 spiro atoms. The maximum atomic E-state index is 13.1. The first-order chi connectivity index (χ1) is 16.2. The molecule has 10 heteroatoms. The van der Waals surface area contributed by atoms with Crippen LogP contribution in [0.3, 0.4) is 0 Å². The second kappa shape index (κ2) is 9.78. The van der Waals surface area contributed by atoms with Crippen LogP contribution in [0.2, 0.25) is 0 Å². The van der Waals surface area contributed by atoms with Crippen molar-refractivity contribution in [1.29, 1.82) is 0 Å². The Kier molecular flexibility index (Phi) is 6.80. The topological polar surface area (TPSA) is 76.5 Å². The number of morpholine rings is 1. The lowest BCUT2D eigenvalue weighted by Gasteiger charge is -2.26. The van der Waals surface area contributed by atoms with Crippen molar-refractivity contribution in [2.24, 2.45) is 0 Å². The quantitative estimate of drug-likeness (QED) is 0.614. The summed E-state index contributed by atoms with van der Waals surface area (Å²) in [4.78, 5) is 27.6. The Balaban J connectivity index is 1.57. The molecular formula is C24H23F3N4O3. The van der Waals surface area contributed by atoms with Crippen LogP contribution in [0.5, 0.6) is 0 Å². The van der Waals surface area contributed by atoms with Gasteiger partial charge in [-0.2, -0.15) is 18.3 Å². The summed E-state index contributed by atoms with van der Waals surface area (Å²) >= 11 is 0. The molecule has 1 amide bonds. The van der Waals surface area contributed by atoms with Gasteiger partial charge in [-0.25, -0.2) is 4.68 Å². The van der Waals surface area contributed by atoms with E-state index in [1.165, 1.54) is 25.1 Å². The van der Waals surface area contributed by atoms with Crippen molar-refractivity contribution < 1.29 is 22.7 Å². The summed E-state index contributed by atoms with van der Waals surface area (Å²) in [6.07, 6.45) is -4.53. The number of benzene rings is 2. The molecule has 0 radical (unpaired) electrons. The first-order valence-electron chi connectivity index (χ1n) is 10.7. The first-order valence-corrected chi connectivity index (χ1v) is 10.7. The molecule has 1 aliphatic rings. The number of ether oxygens (including phenoxy) is 1. The second-order valence-corrected chi connectivity index (χ2v) is 8.00. The van der Waals surface area contributed by atoms with Crippen molar-refractivity contribution in [3.8, 4) is 5.69 Å². The summed E-state index contributed by atoms with van der Waals surface area (Å²) < 4.78 is 45.9. The summed E-state index contributed by atoms with van der Waals surface area (Å²) in [5.41, 5.74) is -0.0272. The number of hydrogen-bond donors (Lipinski definition) is 1. The van der Waals surface area contributed by atoms with Gasteiger partial charge >= 0.3 is 6.18 Å². The summed E-state index contributed by atoms with van der Waals surface area (Å²) in [6.45, 7) is 5.21. The van der Waals surface area contributed by atoms with Crippen molar-refractivity contribution in [2.45, 2.75) is 19.6 Å². The van der Waals surface area contributed by atoms with Crippen LogP contribution < -0.4 is 10.7 Å². The van der Waals surface area contributed by atoms with Gasteiger partial charge in [0.25, 0.3) is 5.91 Å². The van der Waals surface area contributed by atoms with Crippen LogP contribution in [0.4, 0.5) is 18.9 Å². The number of aromatic nitrogens is 2. The monoisotopic (exact) mass is 472 g/mol. The first kappa shape index (κ1) is 23.7. The van der Waals surface area contributed by atoms with Crippen LogP contribution >= 0.6 is 0 Å². The minimum absolute atomic E-state index is 0.0916. The molecule has 7 nitrogen and oxygen atoms in total. The Labute approximate surface area is 193 Å². The fourth-order valence-corrected chi connectivity index (χ4v) is 3.74. The highest BCUT2D eigenvalue weighted by Crippen LogP contribution is 2.30. The van der Waals surface area contributed by atoms with E-state index in [-0.39, 0.29) is 5.69 Å². The van der Waals surface area contributed by atoms with E-state index in [1.54, 1.807) is 12.1 Å². The number of hydrogen-bond acceptors (Lipinski definition) is 5. The zero-order chi connectivity index (χ0) is 24.3. The normalized spacial score (nSPS) is 14.7. The van der Waals surface area contributed by atoms with E-state index in [1.807, 2.05) is 12.1 Å². The van der Waals surface area contributed by atoms with E-state index in [0.717, 1.165) is 35.5 Å². The van der Waals surface area contributed by atoms with E-state index < -0.39 is 28.8 Å². The molecule has 0 saturated carbocycles. The van der Waals surface area contributed by atoms with Crippen LogP contribution in [0, 0.1) is 6.92 Å². The fraction of sp³-hybridized carbons (Fsp3) is 0.292.